The SMILES string of the molecule is CCC(C)(C)C(=O)SCCO[P+](=O)OC[C@@]1(CN=[N+]=[N-])O[C@@H](n2ccc(=O)[nH]c2=O)[C@H](F)[C@@H]1O. The lowest BCUT2D eigenvalue weighted by molar-refractivity contribution is -0.118. The molecular weight excluding hydrogens is 496 g/mol. The molecular formula is C18H26FN5O8PS+. The third-order valence-electron chi connectivity index (χ3n) is 5.36. The number of halogens is 1. The number of nitrogens with one attached hydrogen (secondary N) is 1. The molecule has 2 heterocycles. The first-order chi connectivity index (χ1) is 16.0. The quantitative estimate of drug-likeness (QED) is 0.136. The molecule has 1 aliphatic rings. The van der Waals surface area contributed by atoms with Crippen LogP contribution >= 0.6 is 20.0 Å². The van der Waals surface area contributed by atoms with Gasteiger partial charge < -0.3 is 9.84 Å². The zero-order valence-electron chi connectivity index (χ0n) is 18.7. The summed E-state index contributed by atoms with van der Waals surface area (Å²) in [5, 5.41) is 13.7. The fourth-order valence-electron chi connectivity index (χ4n) is 2.89. The largest absolute Gasteiger partial charge is 0.697 e. The Balaban J connectivity index is 2.03. The normalized spacial score (nSPS) is 25.1. The summed E-state index contributed by atoms with van der Waals surface area (Å²) >= 11 is 1.03. The monoisotopic (exact) mass is 522 g/mol. The highest BCUT2D eigenvalue weighted by molar-refractivity contribution is 8.13. The summed E-state index contributed by atoms with van der Waals surface area (Å²) in [5.41, 5.74) is 4.48. The molecule has 1 aliphatic heterocycles. The van der Waals surface area contributed by atoms with Gasteiger partial charge >= 0.3 is 13.9 Å². The van der Waals surface area contributed by atoms with Gasteiger partial charge in [-0.3, -0.25) is 19.1 Å². The van der Waals surface area contributed by atoms with Crippen LogP contribution in [0, 0.1) is 5.41 Å². The molecule has 13 nitrogen and oxygen atoms in total. The average Bonchev–Trinajstić information content (AvgIpc) is 3.04. The van der Waals surface area contributed by atoms with Crippen molar-refractivity contribution in [2.24, 2.45) is 10.5 Å². The molecule has 2 rings (SSSR count). The lowest BCUT2D eigenvalue weighted by Gasteiger charge is -2.27. The summed E-state index contributed by atoms with van der Waals surface area (Å²) in [5.74, 6) is 0.222. The molecule has 1 saturated heterocycles. The third kappa shape index (κ3) is 6.72. The van der Waals surface area contributed by atoms with Gasteiger partial charge in [-0.1, -0.05) is 37.6 Å². The zero-order chi connectivity index (χ0) is 25.5. The number of thioether (sulfide) groups is 1. The van der Waals surface area contributed by atoms with Crippen molar-refractivity contribution in [3.63, 3.8) is 0 Å². The van der Waals surface area contributed by atoms with Gasteiger partial charge in [0.1, 0.15) is 24.9 Å². The Hall–Kier alpha value is -2.12. The van der Waals surface area contributed by atoms with Gasteiger partial charge in [0, 0.05) is 32.9 Å². The molecule has 0 amide bonds. The number of hydrogen-bond donors (Lipinski definition) is 2. The smallest absolute Gasteiger partial charge is 0.387 e. The van der Waals surface area contributed by atoms with E-state index < -0.39 is 62.2 Å². The topological polar surface area (TPSA) is 186 Å². The average molecular weight is 522 g/mol. The standard InChI is InChI=1S/C18H25FN5O8PS/c1-4-17(2,3)15(27)34-8-7-30-33(29)31-10-18(9-21-23-20)13(26)12(19)14(32-18)24-6-5-11(25)22-16(24)28/h5-6,12-14,26H,4,7-10H2,1-3H3/p+1/t12-,13+,14-,18-/m1/s1. The number of aromatic nitrogens is 2. The number of aliphatic hydroxyl groups excluding tert-OH is 1. The number of nitrogens with zero attached hydrogens (tertiary/aromatic N) is 4. The van der Waals surface area contributed by atoms with E-state index in [2.05, 4.69) is 10.0 Å². The maximum absolute atomic E-state index is 14.9. The summed E-state index contributed by atoms with van der Waals surface area (Å²) in [4.78, 5) is 39.9. The molecule has 188 valence electrons. The number of H-pyrrole nitrogens is 1. The van der Waals surface area contributed by atoms with E-state index in [0.717, 1.165) is 28.6 Å². The number of azide groups is 1. The molecule has 2 N–H and O–H groups in total. The number of aromatic amines is 1. The van der Waals surface area contributed by atoms with E-state index in [1.165, 1.54) is 0 Å². The molecule has 0 saturated carbocycles. The minimum atomic E-state index is -2.76. The zero-order valence-corrected chi connectivity index (χ0v) is 20.5. The van der Waals surface area contributed by atoms with Crippen LogP contribution in [0.5, 0.6) is 0 Å². The molecule has 0 aliphatic carbocycles. The first kappa shape index (κ1) is 28.1. The van der Waals surface area contributed by atoms with Gasteiger partial charge in [-0.25, -0.2) is 9.18 Å². The van der Waals surface area contributed by atoms with Gasteiger partial charge in [0.05, 0.1) is 6.54 Å². The van der Waals surface area contributed by atoms with Crippen molar-refractivity contribution in [1.82, 2.24) is 9.55 Å². The van der Waals surface area contributed by atoms with E-state index in [0.29, 0.717) is 6.42 Å². The minimum absolute atomic E-state index is 0.0388. The Morgan fingerprint density at radius 2 is 2.21 bits per heavy atom. The van der Waals surface area contributed by atoms with Crippen molar-refractivity contribution in [3.05, 3.63) is 43.5 Å². The Morgan fingerprint density at radius 3 is 2.82 bits per heavy atom. The lowest BCUT2D eigenvalue weighted by atomic mass is 9.92. The molecule has 0 aromatic carbocycles. The first-order valence-electron chi connectivity index (χ1n) is 10.2. The number of alkyl halides is 1. The molecule has 0 spiro atoms. The Bertz CT molecular complexity index is 1060. The highest BCUT2D eigenvalue weighted by atomic mass is 32.2. The minimum Gasteiger partial charge on any atom is -0.387 e. The molecule has 0 bridgehead atoms. The summed E-state index contributed by atoms with van der Waals surface area (Å²) in [6.07, 6.45) is -4.15. The van der Waals surface area contributed by atoms with Gasteiger partial charge in [-0.2, -0.15) is 0 Å². The molecule has 34 heavy (non-hydrogen) atoms. The highest BCUT2D eigenvalue weighted by Gasteiger charge is 2.57. The van der Waals surface area contributed by atoms with Gasteiger partial charge in [0.15, 0.2) is 17.5 Å². The van der Waals surface area contributed by atoms with Gasteiger partial charge in [0.2, 0.25) is 0 Å². The van der Waals surface area contributed by atoms with E-state index in [1.807, 2.05) is 25.8 Å². The Labute approximate surface area is 198 Å². The van der Waals surface area contributed by atoms with E-state index in [4.69, 9.17) is 19.3 Å². The number of carbonyl (C=O) groups excluding carboxylic acids is 1. The van der Waals surface area contributed by atoms with Gasteiger partial charge in [0.25, 0.3) is 5.56 Å². The van der Waals surface area contributed by atoms with Crippen LogP contribution in [0.4, 0.5) is 4.39 Å². The van der Waals surface area contributed by atoms with Crippen LogP contribution in [0.15, 0.2) is 27.0 Å². The van der Waals surface area contributed by atoms with Crippen molar-refractivity contribution < 1.29 is 32.6 Å². The molecule has 1 unspecified atom stereocenters. The lowest BCUT2D eigenvalue weighted by Crippen LogP contribution is -2.48. The van der Waals surface area contributed by atoms with Crippen LogP contribution in [0.2, 0.25) is 0 Å². The number of carbonyl (C=O) groups is 1. The molecule has 1 fully saturated rings. The number of hydrogen-bond acceptors (Lipinski definition) is 10. The van der Waals surface area contributed by atoms with Crippen LogP contribution in [-0.2, 0) is 23.1 Å². The molecule has 1 aromatic rings. The van der Waals surface area contributed by atoms with Crippen LogP contribution in [0.25, 0.3) is 10.4 Å². The van der Waals surface area contributed by atoms with E-state index in [-0.39, 0.29) is 17.5 Å². The number of rotatable bonds is 12. The number of ether oxygens (including phenoxy) is 1. The van der Waals surface area contributed by atoms with E-state index in [1.54, 1.807) is 0 Å². The van der Waals surface area contributed by atoms with Crippen LogP contribution in [0.1, 0.15) is 33.4 Å². The summed E-state index contributed by atoms with van der Waals surface area (Å²) in [6, 6.07) is 0.961. The fraction of sp³-hybridized carbons (Fsp3) is 0.722. The van der Waals surface area contributed by atoms with Gasteiger partial charge in [-0.05, 0) is 12.0 Å². The maximum atomic E-state index is 14.9. The Kier molecular flexibility index (Phi) is 9.95. The van der Waals surface area contributed by atoms with Crippen LogP contribution in [-0.4, -0.2) is 63.2 Å². The van der Waals surface area contributed by atoms with Crippen molar-refractivity contribution in [2.75, 3.05) is 25.5 Å². The summed E-state index contributed by atoms with van der Waals surface area (Å²) in [7, 11) is -2.76. The van der Waals surface area contributed by atoms with Crippen molar-refractivity contribution in [1.29, 1.82) is 0 Å². The summed E-state index contributed by atoms with van der Waals surface area (Å²) in [6.45, 7) is 4.13. The molecule has 16 heteroatoms. The van der Waals surface area contributed by atoms with Crippen molar-refractivity contribution >= 4 is 25.1 Å². The van der Waals surface area contributed by atoms with Crippen molar-refractivity contribution in [3.8, 4) is 0 Å². The second-order valence-electron chi connectivity index (χ2n) is 8.07. The highest BCUT2D eigenvalue weighted by Crippen LogP contribution is 2.41. The van der Waals surface area contributed by atoms with Crippen molar-refractivity contribution in [2.45, 2.75) is 51.3 Å². The third-order valence-corrected chi connectivity index (χ3v) is 7.28. The predicted molar refractivity (Wildman–Crippen MR) is 120 cm³/mol. The molecule has 1 aromatic heterocycles. The van der Waals surface area contributed by atoms with E-state index >= 15 is 0 Å². The second kappa shape index (κ2) is 12.0. The Morgan fingerprint density at radius 1 is 1.50 bits per heavy atom. The second-order valence-corrected chi connectivity index (χ2v) is 10.1. The fourth-order valence-corrected chi connectivity index (χ4v) is 4.54. The number of aliphatic hydroxyl groups is 1. The molecule has 0 radical (unpaired) electrons. The van der Waals surface area contributed by atoms with Gasteiger partial charge in [-0.15, -0.1) is 9.05 Å². The molecule has 5 atom stereocenters. The van der Waals surface area contributed by atoms with Crippen LogP contribution < -0.4 is 11.2 Å². The maximum Gasteiger partial charge on any atom is 0.697 e. The predicted octanol–water partition coefficient (Wildman–Crippen LogP) is 2.20. The first-order valence-corrected chi connectivity index (χ1v) is 12.3. The van der Waals surface area contributed by atoms with E-state index in [9.17, 15) is 28.4 Å². The summed E-state index contributed by atoms with van der Waals surface area (Å²) < 4.78 is 43.4. The van der Waals surface area contributed by atoms with Crippen LogP contribution in [0.3, 0.4) is 0 Å².